The van der Waals surface area contributed by atoms with Crippen molar-refractivity contribution in [3.05, 3.63) is 23.9 Å². The minimum absolute atomic E-state index is 0.545. The molecule has 80 valence electrons. The van der Waals surface area contributed by atoms with Crippen LogP contribution in [0.1, 0.15) is 18.9 Å². The molecule has 2 N–H and O–H groups in total. The molecule has 0 radical (unpaired) electrons. The summed E-state index contributed by atoms with van der Waals surface area (Å²) in [6, 6.07) is 5.97. The van der Waals surface area contributed by atoms with Crippen LogP contribution < -0.4 is 5.73 Å². The third-order valence-corrected chi connectivity index (χ3v) is 2.24. The van der Waals surface area contributed by atoms with E-state index in [0.717, 1.165) is 25.2 Å². The monoisotopic (exact) mass is 204 g/mol. The highest BCUT2D eigenvalue weighted by Gasteiger charge is 2.03. The van der Waals surface area contributed by atoms with Crippen molar-refractivity contribution in [1.29, 1.82) is 5.26 Å². The average molecular weight is 204 g/mol. The minimum Gasteiger partial charge on any atom is -0.384 e. The van der Waals surface area contributed by atoms with Crippen LogP contribution in [-0.4, -0.2) is 23.0 Å². The van der Waals surface area contributed by atoms with Gasteiger partial charge in [-0.15, -0.1) is 0 Å². The fraction of sp³-hybridized carbons (Fsp3) is 0.455. The van der Waals surface area contributed by atoms with Gasteiger partial charge in [-0.2, -0.15) is 5.26 Å². The zero-order chi connectivity index (χ0) is 11.1. The number of aromatic nitrogens is 1. The quantitative estimate of drug-likeness (QED) is 0.787. The van der Waals surface area contributed by atoms with Crippen molar-refractivity contribution in [1.82, 2.24) is 9.88 Å². The number of hydrogen-bond acceptors (Lipinski definition) is 4. The van der Waals surface area contributed by atoms with Crippen LogP contribution in [0.4, 0.5) is 5.82 Å². The molecule has 4 nitrogen and oxygen atoms in total. The minimum atomic E-state index is 0.545. The summed E-state index contributed by atoms with van der Waals surface area (Å²) in [6.07, 6.45) is 2.28. The van der Waals surface area contributed by atoms with Crippen molar-refractivity contribution in [2.24, 2.45) is 0 Å². The smallest absolute Gasteiger partial charge is 0.123 e. The van der Waals surface area contributed by atoms with Crippen LogP contribution in [0.2, 0.25) is 0 Å². The van der Waals surface area contributed by atoms with E-state index in [1.807, 2.05) is 12.1 Å². The maximum Gasteiger partial charge on any atom is 0.123 e. The van der Waals surface area contributed by atoms with Gasteiger partial charge in [-0.25, -0.2) is 4.98 Å². The van der Waals surface area contributed by atoms with Gasteiger partial charge in [0.05, 0.1) is 6.07 Å². The molecule has 0 saturated heterocycles. The number of hydrogen-bond donors (Lipinski definition) is 1. The Kier molecular flexibility index (Phi) is 4.58. The summed E-state index contributed by atoms with van der Waals surface area (Å²) in [5.74, 6) is 0.545. The molecule has 1 rings (SSSR count). The Bertz CT molecular complexity index is 343. The van der Waals surface area contributed by atoms with Gasteiger partial charge in [0.15, 0.2) is 0 Å². The molecule has 0 aromatic carbocycles. The van der Waals surface area contributed by atoms with Crippen LogP contribution in [0, 0.1) is 11.3 Å². The van der Waals surface area contributed by atoms with Crippen molar-refractivity contribution in [3.63, 3.8) is 0 Å². The highest BCUT2D eigenvalue weighted by atomic mass is 15.1. The molecule has 1 aromatic heterocycles. The summed E-state index contributed by atoms with van der Waals surface area (Å²) in [5.41, 5.74) is 6.73. The maximum atomic E-state index is 8.51. The molecule has 0 amide bonds. The molecule has 4 heteroatoms. The van der Waals surface area contributed by atoms with E-state index >= 15 is 0 Å². The molecule has 1 heterocycles. The fourth-order valence-corrected chi connectivity index (χ4v) is 1.41. The van der Waals surface area contributed by atoms with E-state index in [-0.39, 0.29) is 0 Å². The van der Waals surface area contributed by atoms with E-state index in [4.69, 9.17) is 11.0 Å². The Labute approximate surface area is 90.3 Å². The summed E-state index contributed by atoms with van der Waals surface area (Å²) in [7, 11) is 0. The van der Waals surface area contributed by atoms with Gasteiger partial charge in [-0.3, -0.25) is 4.90 Å². The van der Waals surface area contributed by atoms with Crippen LogP contribution in [0.3, 0.4) is 0 Å². The van der Waals surface area contributed by atoms with Gasteiger partial charge in [-0.05, 0) is 24.2 Å². The van der Waals surface area contributed by atoms with Crippen LogP contribution in [0.5, 0.6) is 0 Å². The van der Waals surface area contributed by atoms with Gasteiger partial charge < -0.3 is 5.73 Å². The second kappa shape index (κ2) is 5.99. The number of anilines is 1. The van der Waals surface area contributed by atoms with Gasteiger partial charge >= 0.3 is 0 Å². The molecule has 0 bridgehead atoms. The fourth-order valence-electron chi connectivity index (χ4n) is 1.41. The first-order valence-corrected chi connectivity index (χ1v) is 5.06. The number of nitrogen functional groups attached to an aromatic ring is 1. The summed E-state index contributed by atoms with van der Waals surface area (Å²) in [6.45, 7) is 4.64. The molecule has 0 saturated carbocycles. The maximum absolute atomic E-state index is 8.51. The largest absolute Gasteiger partial charge is 0.384 e. The predicted molar refractivity (Wildman–Crippen MR) is 59.8 cm³/mol. The topological polar surface area (TPSA) is 65.9 Å². The zero-order valence-electron chi connectivity index (χ0n) is 8.98. The number of nitriles is 1. The molecule has 15 heavy (non-hydrogen) atoms. The SMILES string of the molecule is CCN(CCC#N)Cc1ccnc(N)c1. The van der Waals surface area contributed by atoms with E-state index in [2.05, 4.69) is 22.9 Å². The first-order chi connectivity index (χ1) is 7.26. The average Bonchev–Trinajstić information content (AvgIpc) is 2.24. The lowest BCUT2D eigenvalue weighted by Gasteiger charge is -2.18. The molecule has 0 aliphatic rings. The lowest BCUT2D eigenvalue weighted by atomic mass is 10.2. The molecule has 0 unspecified atom stereocenters. The molecular formula is C11H16N4. The van der Waals surface area contributed by atoms with Gasteiger partial charge in [0, 0.05) is 25.7 Å². The highest BCUT2D eigenvalue weighted by molar-refractivity contribution is 5.31. The number of pyridine rings is 1. The van der Waals surface area contributed by atoms with Crippen molar-refractivity contribution >= 4 is 5.82 Å². The summed E-state index contributed by atoms with van der Waals surface area (Å²) in [5, 5.41) is 8.51. The molecule has 1 aromatic rings. The Morgan fingerprint density at radius 3 is 3.00 bits per heavy atom. The summed E-state index contributed by atoms with van der Waals surface area (Å²) >= 11 is 0. The molecule has 0 atom stereocenters. The normalized spacial score (nSPS) is 10.2. The molecule has 0 fully saturated rings. The van der Waals surface area contributed by atoms with Crippen molar-refractivity contribution in [2.45, 2.75) is 19.9 Å². The van der Waals surface area contributed by atoms with Crippen molar-refractivity contribution < 1.29 is 0 Å². The van der Waals surface area contributed by atoms with Gasteiger partial charge in [0.25, 0.3) is 0 Å². The highest BCUT2D eigenvalue weighted by Crippen LogP contribution is 2.07. The van der Waals surface area contributed by atoms with Crippen LogP contribution >= 0.6 is 0 Å². The second-order valence-corrected chi connectivity index (χ2v) is 3.37. The number of nitrogens with zero attached hydrogens (tertiary/aromatic N) is 3. The predicted octanol–water partition coefficient (Wildman–Crippen LogP) is 1.40. The van der Waals surface area contributed by atoms with Crippen molar-refractivity contribution in [3.8, 4) is 6.07 Å². The third-order valence-electron chi connectivity index (χ3n) is 2.24. The van der Waals surface area contributed by atoms with Crippen molar-refractivity contribution in [2.75, 3.05) is 18.8 Å². The van der Waals surface area contributed by atoms with Gasteiger partial charge in [0.2, 0.25) is 0 Å². The second-order valence-electron chi connectivity index (χ2n) is 3.37. The van der Waals surface area contributed by atoms with Crippen LogP contribution in [0.15, 0.2) is 18.3 Å². The molecule has 0 spiro atoms. The summed E-state index contributed by atoms with van der Waals surface area (Å²) < 4.78 is 0. The lowest BCUT2D eigenvalue weighted by molar-refractivity contribution is 0.287. The first-order valence-electron chi connectivity index (χ1n) is 5.06. The van der Waals surface area contributed by atoms with E-state index in [1.54, 1.807) is 6.20 Å². The van der Waals surface area contributed by atoms with Gasteiger partial charge in [-0.1, -0.05) is 6.92 Å². The zero-order valence-corrected chi connectivity index (χ0v) is 8.98. The number of nitrogens with two attached hydrogens (primary N) is 1. The summed E-state index contributed by atoms with van der Waals surface area (Å²) in [4.78, 5) is 6.15. The Morgan fingerprint density at radius 2 is 2.40 bits per heavy atom. The Morgan fingerprint density at radius 1 is 1.60 bits per heavy atom. The Hall–Kier alpha value is -1.60. The lowest BCUT2D eigenvalue weighted by Crippen LogP contribution is -2.23. The van der Waals surface area contributed by atoms with E-state index in [1.165, 1.54) is 0 Å². The standard InChI is InChI=1S/C11H16N4/c1-2-15(7-3-5-12)9-10-4-6-14-11(13)8-10/h4,6,8H,2-3,7,9H2,1H3,(H2,13,14). The molecular weight excluding hydrogens is 188 g/mol. The van der Waals surface area contributed by atoms with E-state index < -0.39 is 0 Å². The Balaban J connectivity index is 2.55. The number of rotatable bonds is 5. The molecule has 0 aliphatic heterocycles. The third kappa shape index (κ3) is 3.96. The molecule has 0 aliphatic carbocycles. The van der Waals surface area contributed by atoms with Gasteiger partial charge in [0.1, 0.15) is 5.82 Å². The van der Waals surface area contributed by atoms with E-state index in [0.29, 0.717) is 12.2 Å². The van der Waals surface area contributed by atoms with Crippen LogP contribution in [0.25, 0.3) is 0 Å². The van der Waals surface area contributed by atoms with E-state index in [9.17, 15) is 0 Å². The van der Waals surface area contributed by atoms with Crippen LogP contribution in [-0.2, 0) is 6.54 Å². The first kappa shape index (κ1) is 11.5.